The molecule has 1 spiro atoms. The lowest BCUT2D eigenvalue weighted by molar-refractivity contribution is -0.137. The molecule has 126 valence electrons. The van der Waals surface area contributed by atoms with Gasteiger partial charge in [0.05, 0.1) is 36.0 Å². The molecule has 0 N–H and O–H groups in total. The number of nitrogens with zero attached hydrogens (tertiary/aromatic N) is 5. The lowest BCUT2D eigenvalue weighted by Crippen LogP contribution is -2.61. The zero-order valence-electron chi connectivity index (χ0n) is 12.6. The molecule has 24 heavy (non-hydrogen) atoms. The number of hydrogen-bond donors (Lipinski definition) is 0. The molecule has 3 aliphatic rings. The van der Waals surface area contributed by atoms with E-state index in [-0.39, 0.29) is 5.54 Å². The van der Waals surface area contributed by atoms with Crippen LogP contribution in [0.25, 0.3) is 5.69 Å². The Morgan fingerprint density at radius 2 is 2.04 bits per heavy atom. The standard InChI is InChI=1S/C15H14F3N5O/c16-15(17,18)9-1-3-11(4-2-9)23-13(19-20-21-23)7-22-6-12-14(22)5-10(14)8-24-12/h1-4,10,12H,5-8H2/t10-,12+,14?/m0/s1. The summed E-state index contributed by atoms with van der Waals surface area (Å²) in [7, 11) is 0. The number of halogens is 3. The zero-order chi connectivity index (χ0) is 16.5. The Morgan fingerprint density at radius 3 is 2.71 bits per heavy atom. The highest BCUT2D eigenvalue weighted by Gasteiger charge is 2.73. The highest BCUT2D eigenvalue weighted by Crippen LogP contribution is 2.62. The molecule has 5 rings (SSSR count). The monoisotopic (exact) mass is 337 g/mol. The highest BCUT2D eigenvalue weighted by molar-refractivity contribution is 5.35. The van der Waals surface area contributed by atoms with E-state index in [1.54, 1.807) is 0 Å². The highest BCUT2D eigenvalue weighted by atomic mass is 19.4. The van der Waals surface area contributed by atoms with Crippen LogP contribution in [-0.4, -0.2) is 49.9 Å². The predicted octanol–water partition coefficient (Wildman–Crippen LogP) is 1.65. The van der Waals surface area contributed by atoms with Crippen LogP contribution in [0, 0.1) is 5.92 Å². The van der Waals surface area contributed by atoms with Crippen LogP contribution < -0.4 is 0 Å². The van der Waals surface area contributed by atoms with Crippen LogP contribution in [0.1, 0.15) is 17.8 Å². The number of hydrogen-bond acceptors (Lipinski definition) is 5. The average molecular weight is 337 g/mol. The van der Waals surface area contributed by atoms with Crippen molar-refractivity contribution in [1.82, 2.24) is 25.1 Å². The van der Waals surface area contributed by atoms with Crippen molar-refractivity contribution in [3.8, 4) is 5.69 Å². The summed E-state index contributed by atoms with van der Waals surface area (Å²) in [4.78, 5) is 2.32. The molecule has 0 bridgehead atoms. The number of benzene rings is 1. The molecule has 3 heterocycles. The second-order valence-corrected chi connectivity index (χ2v) is 6.65. The molecule has 3 atom stereocenters. The molecule has 1 aliphatic carbocycles. The third-order valence-electron chi connectivity index (χ3n) is 5.46. The van der Waals surface area contributed by atoms with E-state index >= 15 is 0 Å². The number of likely N-dealkylation sites (tertiary alicyclic amines) is 1. The Kier molecular flexibility index (Phi) is 2.72. The van der Waals surface area contributed by atoms with Gasteiger partial charge < -0.3 is 4.74 Å². The maximum atomic E-state index is 12.7. The number of ether oxygens (including phenoxy) is 1. The minimum absolute atomic E-state index is 0.164. The predicted molar refractivity (Wildman–Crippen MR) is 75.1 cm³/mol. The normalized spacial score (nSPS) is 31.5. The van der Waals surface area contributed by atoms with Crippen molar-refractivity contribution in [3.05, 3.63) is 35.7 Å². The molecule has 0 amide bonds. The number of tetrazole rings is 1. The fourth-order valence-electron chi connectivity index (χ4n) is 4.05. The van der Waals surface area contributed by atoms with Gasteiger partial charge in [0, 0.05) is 12.5 Å². The molecule has 2 saturated heterocycles. The summed E-state index contributed by atoms with van der Waals surface area (Å²) in [5.74, 6) is 1.23. The lowest BCUT2D eigenvalue weighted by atomic mass is 9.95. The van der Waals surface area contributed by atoms with Gasteiger partial charge in [0.1, 0.15) is 0 Å². The number of rotatable bonds is 3. The second kappa shape index (κ2) is 4.54. The molecular weight excluding hydrogens is 323 g/mol. The van der Waals surface area contributed by atoms with Gasteiger partial charge in [-0.1, -0.05) is 0 Å². The van der Waals surface area contributed by atoms with Gasteiger partial charge in [-0.05, 0) is 41.1 Å². The summed E-state index contributed by atoms with van der Waals surface area (Å²) < 4.78 is 45.2. The van der Waals surface area contributed by atoms with Crippen LogP contribution in [-0.2, 0) is 17.5 Å². The van der Waals surface area contributed by atoms with E-state index in [2.05, 4.69) is 20.4 Å². The van der Waals surface area contributed by atoms with Gasteiger partial charge in [-0.2, -0.15) is 17.9 Å². The zero-order valence-corrected chi connectivity index (χ0v) is 12.6. The van der Waals surface area contributed by atoms with Gasteiger partial charge in [-0.3, -0.25) is 4.90 Å². The largest absolute Gasteiger partial charge is 0.416 e. The van der Waals surface area contributed by atoms with E-state index < -0.39 is 11.7 Å². The SMILES string of the molecule is FC(F)(F)c1ccc(-n2nnnc2CN2C[C@H]3OC[C@@H]4CC432)cc1. The summed E-state index contributed by atoms with van der Waals surface area (Å²) in [6, 6.07) is 4.86. The molecule has 6 nitrogen and oxygen atoms in total. The first-order chi connectivity index (χ1) is 11.5. The maximum Gasteiger partial charge on any atom is 0.416 e. The molecular formula is C15H14F3N5O. The van der Waals surface area contributed by atoms with Crippen LogP contribution in [0.4, 0.5) is 13.2 Å². The Labute approximate surface area is 135 Å². The molecule has 2 aliphatic heterocycles. The van der Waals surface area contributed by atoms with Crippen molar-refractivity contribution in [2.45, 2.75) is 30.8 Å². The lowest BCUT2D eigenvalue weighted by Gasteiger charge is -2.46. The molecule has 1 unspecified atom stereocenters. The summed E-state index contributed by atoms with van der Waals surface area (Å²) in [5, 5.41) is 11.7. The molecule has 2 aromatic rings. The van der Waals surface area contributed by atoms with E-state index in [4.69, 9.17) is 4.74 Å². The van der Waals surface area contributed by atoms with Gasteiger partial charge in [0.2, 0.25) is 0 Å². The third-order valence-corrected chi connectivity index (χ3v) is 5.46. The van der Waals surface area contributed by atoms with Gasteiger partial charge in [0.25, 0.3) is 0 Å². The molecule has 1 saturated carbocycles. The third kappa shape index (κ3) is 1.88. The number of aromatic nitrogens is 4. The Morgan fingerprint density at radius 1 is 1.25 bits per heavy atom. The van der Waals surface area contributed by atoms with E-state index in [1.807, 2.05) is 0 Å². The van der Waals surface area contributed by atoms with Crippen molar-refractivity contribution in [1.29, 1.82) is 0 Å². The van der Waals surface area contributed by atoms with E-state index in [9.17, 15) is 13.2 Å². The van der Waals surface area contributed by atoms with Crippen molar-refractivity contribution in [3.63, 3.8) is 0 Å². The first-order valence-corrected chi connectivity index (χ1v) is 7.80. The van der Waals surface area contributed by atoms with Crippen LogP contribution in [0.3, 0.4) is 0 Å². The quantitative estimate of drug-likeness (QED) is 0.853. The topological polar surface area (TPSA) is 56.1 Å². The summed E-state index contributed by atoms with van der Waals surface area (Å²) in [6.45, 7) is 2.26. The first-order valence-electron chi connectivity index (χ1n) is 7.80. The second-order valence-electron chi connectivity index (χ2n) is 6.65. The van der Waals surface area contributed by atoms with E-state index in [0.717, 1.165) is 31.7 Å². The summed E-state index contributed by atoms with van der Waals surface area (Å²) >= 11 is 0. The first kappa shape index (κ1) is 14.4. The fraction of sp³-hybridized carbons (Fsp3) is 0.533. The molecule has 1 aromatic carbocycles. The Bertz CT molecular complexity index is 789. The number of alkyl halides is 3. The molecule has 3 fully saturated rings. The molecule has 0 radical (unpaired) electrons. The van der Waals surface area contributed by atoms with Crippen molar-refractivity contribution in [2.75, 3.05) is 13.2 Å². The van der Waals surface area contributed by atoms with Crippen LogP contribution in [0.15, 0.2) is 24.3 Å². The van der Waals surface area contributed by atoms with Crippen LogP contribution in [0.2, 0.25) is 0 Å². The summed E-state index contributed by atoms with van der Waals surface area (Å²) in [6.07, 6.45) is -2.88. The maximum absolute atomic E-state index is 12.7. The fourth-order valence-corrected chi connectivity index (χ4v) is 4.05. The summed E-state index contributed by atoms with van der Waals surface area (Å²) in [5.41, 5.74) is -0.00133. The molecule has 1 aromatic heterocycles. The van der Waals surface area contributed by atoms with Gasteiger partial charge in [0.15, 0.2) is 5.82 Å². The smallest absolute Gasteiger partial charge is 0.375 e. The Balaban J connectivity index is 1.38. The van der Waals surface area contributed by atoms with Crippen LogP contribution in [0.5, 0.6) is 0 Å². The van der Waals surface area contributed by atoms with E-state index in [1.165, 1.54) is 16.8 Å². The minimum atomic E-state index is -4.35. The average Bonchev–Trinajstić information content (AvgIpc) is 3.03. The van der Waals surface area contributed by atoms with Crippen molar-refractivity contribution >= 4 is 0 Å². The van der Waals surface area contributed by atoms with Gasteiger partial charge in [-0.25, -0.2) is 0 Å². The van der Waals surface area contributed by atoms with Gasteiger partial charge in [-0.15, -0.1) is 5.10 Å². The molecule has 9 heteroatoms. The van der Waals surface area contributed by atoms with E-state index in [0.29, 0.717) is 30.1 Å². The van der Waals surface area contributed by atoms with Crippen molar-refractivity contribution < 1.29 is 17.9 Å². The Hall–Kier alpha value is -2.00. The van der Waals surface area contributed by atoms with Gasteiger partial charge >= 0.3 is 6.18 Å². The minimum Gasteiger partial charge on any atom is -0.375 e. The van der Waals surface area contributed by atoms with Crippen molar-refractivity contribution in [2.24, 2.45) is 5.92 Å². The van der Waals surface area contributed by atoms with Crippen LogP contribution >= 0.6 is 0 Å².